The van der Waals surface area contributed by atoms with E-state index in [1.807, 2.05) is 0 Å². The Morgan fingerprint density at radius 1 is 1.17 bits per heavy atom. The van der Waals surface area contributed by atoms with Gasteiger partial charge in [-0.25, -0.2) is 0 Å². The lowest BCUT2D eigenvalue weighted by Gasteiger charge is -2.34. The first-order chi connectivity index (χ1) is 11.5. The molecule has 2 aliphatic heterocycles. The highest BCUT2D eigenvalue weighted by atomic mass is 16.1. The molecule has 2 fully saturated rings. The maximum Gasteiger partial charge on any atom is 0.220 e. The number of carbonyl (C=O) groups is 1. The maximum atomic E-state index is 12.1. The van der Waals surface area contributed by atoms with E-state index in [4.69, 9.17) is 0 Å². The quantitative estimate of drug-likeness (QED) is 0.670. The van der Waals surface area contributed by atoms with Crippen LogP contribution in [0.3, 0.4) is 0 Å². The second-order valence-corrected chi connectivity index (χ2v) is 8.53. The molecular formula is C20H39N3O. The molecule has 2 saturated heterocycles. The van der Waals surface area contributed by atoms with Crippen LogP contribution in [0.2, 0.25) is 0 Å². The molecule has 2 heterocycles. The summed E-state index contributed by atoms with van der Waals surface area (Å²) >= 11 is 0. The first-order valence-corrected chi connectivity index (χ1v) is 10.2. The summed E-state index contributed by atoms with van der Waals surface area (Å²) in [5.41, 5.74) is 0. The van der Waals surface area contributed by atoms with Crippen LogP contribution in [0.1, 0.15) is 59.3 Å². The van der Waals surface area contributed by atoms with Gasteiger partial charge in [0.2, 0.25) is 5.91 Å². The van der Waals surface area contributed by atoms with Crippen LogP contribution in [0.25, 0.3) is 0 Å². The zero-order valence-corrected chi connectivity index (χ0v) is 16.2. The van der Waals surface area contributed by atoms with Crippen LogP contribution in [0, 0.1) is 23.7 Å². The van der Waals surface area contributed by atoms with E-state index in [1.165, 1.54) is 45.3 Å². The first-order valence-electron chi connectivity index (χ1n) is 10.2. The summed E-state index contributed by atoms with van der Waals surface area (Å²) in [6.07, 6.45) is 6.83. The molecule has 0 aromatic carbocycles. The van der Waals surface area contributed by atoms with Crippen molar-refractivity contribution in [1.29, 1.82) is 0 Å². The third kappa shape index (κ3) is 7.10. The zero-order chi connectivity index (χ0) is 17.4. The van der Waals surface area contributed by atoms with Gasteiger partial charge in [-0.05, 0) is 75.4 Å². The van der Waals surface area contributed by atoms with Gasteiger partial charge in [0.15, 0.2) is 0 Å². The van der Waals surface area contributed by atoms with Crippen molar-refractivity contribution in [2.45, 2.75) is 59.3 Å². The van der Waals surface area contributed by atoms with Crippen LogP contribution in [0.5, 0.6) is 0 Å². The molecule has 0 bridgehead atoms. The van der Waals surface area contributed by atoms with Gasteiger partial charge in [-0.1, -0.05) is 20.8 Å². The number of hydrogen-bond donors (Lipinski definition) is 2. The van der Waals surface area contributed by atoms with Crippen LogP contribution in [0.4, 0.5) is 0 Å². The largest absolute Gasteiger partial charge is 0.356 e. The molecule has 0 radical (unpaired) electrons. The van der Waals surface area contributed by atoms with E-state index < -0.39 is 0 Å². The highest BCUT2D eigenvalue weighted by molar-refractivity contribution is 5.76. The van der Waals surface area contributed by atoms with Crippen molar-refractivity contribution in [1.82, 2.24) is 15.5 Å². The monoisotopic (exact) mass is 337 g/mol. The molecule has 2 rings (SSSR count). The molecule has 24 heavy (non-hydrogen) atoms. The molecule has 0 aliphatic carbocycles. The number of hydrogen-bond acceptors (Lipinski definition) is 3. The van der Waals surface area contributed by atoms with Crippen molar-refractivity contribution in [2.75, 3.05) is 39.3 Å². The Bertz CT molecular complexity index is 358. The Morgan fingerprint density at radius 2 is 1.83 bits per heavy atom. The lowest BCUT2D eigenvalue weighted by molar-refractivity contribution is -0.122. The number of unbranched alkanes of at least 4 members (excludes halogenated alkanes) is 1. The zero-order valence-electron chi connectivity index (χ0n) is 16.2. The molecule has 2 N–H and O–H groups in total. The van der Waals surface area contributed by atoms with Crippen LogP contribution in [-0.4, -0.2) is 50.1 Å². The Kier molecular flexibility index (Phi) is 8.54. The number of amides is 1. The first kappa shape index (κ1) is 19.7. The van der Waals surface area contributed by atoms with E-state index in [2.05, 4.69) is 36.3 Å². The van der Waals surface area contributed by atoms with Crippen LogP contribution in [0.15, 0.2) is 0 Å². The molecule has 1 amide bonds. The van der Waals surface area contributed by atoms with Crippen LogP contribution < -0.4 is 10.6 Å². The predicted molar refractivity (Wildman–Crippen MR) is 101 cm³/mol. The van der Waals surface area contributed by atoms with Crippen molar-refractivity contribution >= 4 is 5.91 Å². The smallest absolute Gasteiger partial charge is 0.220 e. The van der Waals surface area contributed by atoms with E-state index >= 15 is 0 Å². The Labute approximate surface area is 149 Å². The molecule has 0 aromatic heterocycles. The minimum Gasteiger partial charge on any atom is -0.356 e. The lowest BCUT2D eigenvalue weighted by atomic mass is 9.84. The molecule has 0 aromatic rings. The fourth-order valence-electron chi connectivity index (χ4n) is 4.61. The van der Waals surface area contributed by atoms with E-state index in [1.54, 1.807) is 0 Å². The molecule has 0 saturated carbocycles. The topological polar surface area (TPSA) is 44.4 Å². The summed E-state index contributed by atoms with van der Waals surface area (Å²) in [7, 11) is 0. The molecule has 4 nitrogen and oxygen atoms in total. The van der Waals surface area contributed by atoms with E-state index in [9.17, 15) is 4.79 Å². The molecular weight excluding hydrogens is 298 g/mol. The number of piperidine rings is 2. The van der Waals surface area contributed by atoms with Gasteiger partial charge in [0.05, 0.1) is 0 Å². The molecule has 140 valence electrons. The average Bonchev–Trinajstić information content (AvgIpc) is 2.54. The highest BCUT2D eigenvalue weighted by Crippen LogP contribution is 2.24. The van der Waals surface area contributed by atoms with Crippen LogP contribution in [-0.2, 0) is 4.79 Å². The maximum absolute atomic E-state index is 12.1. The minimum absolute atomic E-state index is 0.251. The number of nitrogens with one attached hydrogen (secondary N) is 2. The normalized spacial score (nSPS) is 27.8. The van der Waals surface area contributed by atoms with Gasteiger partial charge in [-0.15, -0.1) is 0 Å². The SMILES string of the molecule is CC1CC(C)CN(CCCCNC(=O)CC(C)C2CCNCC2)C1. The van der Waals surface area contributed by atoms with Gasteiger partial charge in [-0.3, -0.25) is 4.79 Å². The van der Waals surface area contributed by atoms with Crippen molar-refractivity contribution < 1.29 is 4.79 Å². The van der Waals surface area contributed by atoms with Crippen LogP contribution >= 0.6 is 0 Å². The van der Waals surface area contributed by atoms with E-state index in [-0.39, 0.29) is 5.91 Å². The fourth-order valence-corrected chi connectivity index (χ4v) is 4.61. The fraction of sp³-hybridized carbons (Fsp3) is 0.950. The second-order valence-electron chi connectivity index (χ2n) is 8.53. The highest BCUT2D eigenvalue weighted by Gasteiger charge is 2.22. The van der Waals surface area contributed by atoms with Crippen molar-refractivity contribution in [3.63, 3.8) is 0 Å². The second kappa shape index (κ2) is 10.4. The summed E-state index contributed by atoms with van der Waals surface area (Å²) in [6, 6.07) is 0. The Morgan fingerprint density at radius 3 is 2.50 bits per heavy atom. The summed E-state index contributed by atoms with van der Waals surface area (Å²) in [4.78, 5) is 14.7. The molecule has 2 aliphatic rings. The van der Waals surface area contributed by atoms with Gasteiger partial charge >= 0.3 is 0 Å². The summed E-state index contributed by atoms with van der Waals surface area (Å²) in [6.45, 7) is 13.8. The summed E-state index contributed by atoms with van der Waals surface area (Å²) < 4.78 is 0. The molecule has 0 spiro atoms. The summed E-state index contributed by atoms with van der Waals surface area (Å²) in [5, 5.41) is 6.53. The lowest BCUT2D eigenvalue weighted by Crippen LogP contribution is -2.39. The van der Waals surface area contributed by atoms with Gasteiger partial charge < -0.3 is 15.5 Å². The molecule has 3 atom stereocenters. The standard InChI is InChI=1S/C20H39N3O/c1-16-12-17(2)15-23(14-16)11-5-4-8-22-20(24)13-18(3)19-6-9-21-10-7-19/h16-19,21H,4-15H2,1-3H3,(H,22,24). The third-order valence-electron chi connectivity index (χ3n) is 5.86. The van der Waals surface area contributed by atoms with E-state index in [0.717, 1.165) is 43.8 Å². The summed E-state index contributed by atoms with van der Waals surface area (Å²) in [5.74, 6) is 3.17. The van der Waals surface area contributed by atoms with E-state index in [0.29, 0.717) is 12.3 Å². The van der Waals surface area contributed by atoms with Gasteiger partial charge in [-0.2, -0.15) is 0 Å². The minimum atomic E-state index is 0.251. The predicted octanol–water partition coefficient (Wildman–Crippen LogP) is 2.89. The van der Waals surface area contributed by atoms with Crippen molar-refractivity contribution in [3.8, 4) is 0 Å². The molecule has 3 unspecified atom stereocenters. The average molecular weight is 338 g/mol. The van der Waals surface area contributed by atoms with Gasteiger partial charge in [0.25, 0.3) is 0 Å². The Hall–Kier alpha value is -0.610. The number of nitrogens with zero attached hydrogens (tertiary/aromatic N) is 1. The number of likely N-dealkylation sites (tertiary alicyclic amines) is 1. The molecule has 4 heteroatoms. The number of rotatable bonds is 8. The number of carbonyl (C=O) groups excluding carboxylic acids is 1. The van der Waals surface area contributed by atoms with Crippen molar-refractivity contribution in [3.05, 3.63) is 0 Å². The van der Waals surface area contributed by atoms with Gasteiger partial charge in [0, 0.05) is 26.1 Å². The Balaban J connectivity index is 1.51. The third-order valence-corrected chi connectivity index (χ3v) is 5.86. The van der Waals surface area contributed by atoms with Gasteiger partial charge in [0.1, 0.15) is 0 Å². The van der Waals surface area contributed by atoms with Crippen molar-refractivity contribution in [2.24, 2.45) is 23.7 Å².